The Morgan fingerprint density at radius 3 is 2.40 bits per heavy atom. The molecule has 1 saturated heterocycles. The number of rotatable bonds is 4. The molecule has 0 saturated carbocycles. The Bertz CT molecular complexity index is 465. The van der Waals surface area contributed by atoms with E-state index in [-0.39, 0.29) is 6.54 Å². The van der Waals surface area contributed by atoms with Gasteiger partial charge < -0.3 is 10.2 Å². The van der Waals surface area contributed by atoms with Crippen molar-refractivity contribution in [2.24, 2.45) is 0 Å². The highest BCUT2D eigenvalue weighted by Crippen LogP contribution is 2.29. The fourth-order valence-electron chi connectivity index (χ4n) is 2.66. The van der Waals surface area contributed by atoms with Gasteiger partial charge in [0.2, 0.25) is 0 Å². The number of β-amino-alcohol motifs (C(OH)–C–C–N with tert-alkyl or cyclic N) is 1. The topological polar surface area (TPSA) is 60.8 Å². The number of aliphatic carboxylic acids is 1. The van der Waals surface area contributed by atoms with E-state index in [4.69, 9.17) is 5.11 Å². The smallest absolute Gasteiger partial charge is 0.336 e. The average molecular weight is 342 g/mol. The van der Waals surface area contributed by atoms with Crippen molar-refractivity contribution in [3.63, 3.8) is 0 Å². The first-order valence-electron chi connectivity index (χ1n) is 6.82. The van der Waals surface area contributed by atoms with Gasteiger partial charge in [-0.05, 0) is 56.5 Å². The number of carboxylic acid groups (broad SMARTS) is 1. The minimum atomic E-state index is -1.66. The predicted octanol–water partition coefficient (Wildman–Crippen LogP) is 2.46. The van der Waals surface area contributed by atoms with E-state index in [0.717, 1.165) is 30.4 Å². The molecule has 0 aromatic heterocycles. The first-order chi connectivity index (χ1) is 9.38. The van der Waals surface area contributed by atoms with E-state index in [1.54, 1.807) is 0 Å². The number of halogens is 1. The van der Waals surface area contributed by atoms with Crippen molar-refractivity contribution >= 4 is 21.9 Å². The molecule has 1 aliphatic rings. The highest BCUT2D eigenvalue weighted by atomic mass is 79.9. The molecule has 0 radical (unpaired) electrons. The Morgan fingerprint density at radius 1 is 1.35 bits per heavy atom. The summed E-state index contributed by atoms with van der Waals surface area (Å²) in [6.07, 6.45) is 1.99. The number of hydrogen-bond acceptors (Lipinski definition) is 3. The van der Waals surface area contributed by atoms with Crippen LogP contribution in [0, 0.1) is 0 Å². The molecule has 1 unspecified atom stereocenters. The third-order valence-corrected chi connectivity index (χ3v) is 4.45. The first kappa shape index (κ1) is 15.5. The van der Waals surface area contributed by atoms with Gasteiger partial charge in [0.1, 0.15) is 0 Å². The Labute approximate surface area is 127 Å². The van der Waals surface area contributed by atoms with Crippen LogP contribution >= 0.6 is 15.9 Å². The second-order valence-corrected chi connectivity index (χ2v) is 6.60. The molecule has 1 aliphatic heterocycles. The van der Waals surface area contributed by atoms with Crippen LogP contribution in [0.15, 0.2) is 28.7 Å². The molecule has 110 valence electrons. The molecule has 1 aromatic rings. The van der Waals surface area contributed by atoms with Crippen LogP contribution in [0.4, 0.5) is 0 Å². The van der Waals surface area contributed by atoms with Crippen molar-refractivity contribution in [2.45, 2.75) is 31.3 Å². The van der Waals surface area contributed by atoms with E-state index in [9.17, 15) is 9.90 Å². The summed E-state index contributed by atoms with van der Waals surface area (Å²) in [6, 6.07) is 8.38. The number of likely N-dealkylation sites (tertiary alicyclic amines) is 1. The second kappa shape index (κ2) is 6.24. The lowest BCUT2D eigenvalue weighted by atomic mass is 9.89. The summed E-state index contributed by atoms with van der Waals surface area (Å²) in [5.41, 5.74) is -0.331. The van der Waals surface area contributed by atoms with Crippen LogP contribution in [0.2, 0.25) is 0 Å². The van der Waals surface area contributed by atoms with Gasteiger partial charge in [-0.3, -0.25) is 4.90 Å². The van der Waals surface area contributed by atoms with Gasteiger partial charge in [0, 0.05) is 11.0 Å². The van der Waals surface area contributed by atoms with Crippen molar-refractivity contribution in [2.75, 3.05) is 19.6 Å². The minimum Gasteiger partial charge on any atom is -0.479 e. The molecule has 1 atom stereocenters. The van der Waals surface area contributed by atoms with Crippen LogP contribution in [0.5, 0.6) is 0 Å². The lowest BCUT2D eigenvalue weighted by Gasteiger charge is -2.35. The average Bonchev–Trinajstić information content (AvgIpc) is 2.40. The normalized spacial score (nSPS) is 20.6. The van der Waals surface area contributed by atoms with Crippen LogP contribution in [-0.4, -0.2) is 46.3 Å². The maximum atomic E-state index is 10.9. The van der Waals surface area contributed by atoms with Crippen molar-refractivity contribution < 1.29 is 15.0 Å². The van der Waals surface area contributed by atoms with Crippen LogP contribution in [-0.2, 0) is 4.79 Å². The molecular formula is C15H20BrNO3. The lowest BCUT2D eigenvalue weighted by molar-refractivity contribution is -0.158. The van der Waals surface area contributed by atoms with Gasteiger partial charge in [-0.15, -0.1) is 0 Å². The highest BCUT2D eigenvalue weighted by molar-refractivity contribution is 9.10. The van der Waals surface area contributed by atoms with Crippen molar-refractivity contribution in [1.82, 2.24) is 4.90 Å². The van der Waals surface area contributed by atoms with Gasteiger partial charge in [0.15, 0.2) is 5.60 Å². The predicted molar refractivity (Wildman–Crippen MR) is 80.8 cm³/mol. The molecule has 5 heteroatoms. The van der Waals surface area contributed by atoms with Crippen LogP contribution in [0.1, 0.15) is 31.2 Å². The molecule has 2 N–H and O–H groups in total. The molecule has 0 aliphatic carbocycles. The number of piperidine rings is 1. The third-order valence-electron chi connectivity index (χ3n) is 3.92. The highest BCUT2D eigenvalue weighted by Gasteiger charge is 2.33. The number of hydrogen-bond donors (Lipinski definition) is 2. The molecule has 2 rings (SSSR count). The Kier molecular flexibility index (Phi) is 4.83. The van der Waals surface area contributed by atoms with E-state index >= 15 is 0 Å². The molecule has 1 fully saturated rings. The summed E-state index contributed by atoms with van der Waals surface area (Å²) >= 11 is 3.43. The zero-order chi connectivity index (χ0) is 14.8. The zero-order valence-electron chi connectivity index (χ0n) is 11.6. The summed E-state index contributed by atoms with van der Waals surface area (Å²) in [7, 11) is 0. The van der Waals surface area contributed by atoms with E-state index in [1.807, 2.05) is 4.90 Å². The minimum absolute atomic E-state index is 0.190. The van der Waals surface area contributed by atoms with Gasteiger partial charge >= 0.3 is 5.97 Å². The van der Waals surface area contributed by atoms with Gasteiger partial charge in [-0.2, -0.15) is 0 Å². The number of benzene rings is 1. The molecule has 0 spiro atoms. The Balaban J connectivity index is 1.89. The Hall–Kier alpha value is -0.910. The number of carboxylic acids is 1. The summed E-state index contributed by atoms with van der Waals surface area (Å²) in [4.78, 5) is 13.0. The van der Waals surface area contributed by atoms with E-state index in [1.165, 1.54) is 12.5 Å². The van der Waals surface area contributed by atoms with E-state index in [2.05, 4.69) is 40.2 Å². The Morgan fingerprint density at radius 2 is 1.90 bits per heavy atom. The largest absolute Gasteiger partial charge is 0.479 e. The molecule has 0 bridgehead atoms. The van der Waals surface area contributed by atoms with E-state index in [0.29, 0.717) is 5.92 Å². The molecule has 0 amide bonds. The van der Waals surface area contributed by atoms with Crippen LogP contribution in [0.3, 0.4) is 0 Å². The van der Waals surface area contributed by atoms with Crippen LogP contribution < -0.4 is 0 Å². The maximum absolute atomic E-state index is 10.9. The van der Waals surface area contributed by atoms with Gasteiger partial charge in [-0.1, -0.05) is 28.1 Å². The fraction of sp³-hybridized carbons (Fsp3) is 0.533. The van der Waals surface area contributed by atoms with Gasteiger partial charge in [-0.25, -0.2) is 4.79 Å². The fourth-order valence-corrected chi connectivity index (χ4v) is 2.93. The van der Waals surface area contributed by atoms with E-state index < -0.39 is 11.6 Å². The number of carbonyl (C=O) groups is 1. The quantitative estimate of drug-likeness (QED) is 0.883. The molecule has 20 heavy (non-hydrogen) atoms. The van der Waals surface area contributed by atoms with Gasteiger partial charge in [0.25, 0.3) is 0 Å². The van der Waals surface area contributed by atoms with Crippen molar-refractivity contribution in [3.05, 3.63) is 34.3 Å². The molecule has 4 nitrogen and oxygen atoms in total. The number of nitrogens with zero attached hydrogens (tertiary/aromatic N) is 1. The van der Waals surface area contributed by atoms with Crippen molar-refractivity contribution in [3.8, 4) is 0 Å². The molecule has 1 aromatic carbocycles. The first-order valence-corrected chi connectivity index (χ1v) is 7.61. The van der Waals surface area contributed by atoms with Crippen LogP contribution in [0.25, 0.3) is 0 Å². The second-order valence-electron chi connectivity index (χ2n) is 5.68. The standard InChI is InChI=1S/C15H20BrNO3/c1-15(20,14(18)19)10-17-8-6-12(7-9-17)11-2-4-13(16)5-3-11/h2-5,12,20H,6-10H2,1H3,(H,18,19). The molecular weight excluding hydrogens is 322 g/mol. The number of aliphatic hydroxyl groups is 1. The summed E-state index contributed by atoms with van der Waals surface area (Å²) in [6.45, 7) is 3.19. The van der Waals surface area contributed by atoms with Crippen molar-refractivity contribution in [1.29, 1.82) is 0 Å². The summed E-state index contributed by atoms with van der Waals surface area (Å²) < 4.78 is 1.08. The lowest BCUT2D eigenvalue weighted by Crippen LogP contribution is -2.48. The summed E-state index contributed by atoms with van der Waals surface area (Å²) in [5.74, 6) is -0.637. The maximum Gasteiger partial charge on any atom is 0.336 e. The third kappa shape index (κ3) is 3.81. The monoisotopic (exact) mass is 341 g/mol. The SMILES string of the molecule is CC(O)(CN1CCC(c2ccc(Br)cc2)CC1)C(=O)O. The zero-order valence-corrected chi connectivity index (χ0v) is 13.1. The summed E-state index contributed by atoms with van der Waals surface area (Å²) in [5, 5.41) is 18.8. The van der Waals surface area contributed by atoms with Gasteiger partial charge in [0.05, 0.1) is 0 Å². The molecule has 1 heterocycles.